The van der Waals surface area contributed by atoms with E-state index in [2.05, 4.69) is 0 Å². The van der Waals surface area contributed by atoms with Gasteiger partial charge in [0.25, 0.3) is 0 Å². The minimum absolute atomic E-state index is 0.0573. The van der Waals surface area contributed by atoms with Crippen LogP contribution >= 0.6 is 0 Å². The normalized spacial score (nSPS) is 54.3. The lowest BCUT2D eigenvalue weighted by Crippen LogP contribution is -2.77. The molecular formula is C26H38O8. The Hall–Kier alpha value is -1.48. The van der Waals surface area contributed by atoms with E-state index in [1.54, 1.807) is 13.8 Å². The van der Waals surface area contributed by atoms with Crippen molar-refractivity contribution in [2.45, 2.75) is 84.6 Å². The van der Waals surface area contributed by atoms with Gasteiger partial charge in [0.15, 0.2) is 5.79 Å². The fourth-order valence-corrected chi connectivity index (χ4v) is 8.65. The van der Waals surface area contributed by atoms with Crippen molar-refractivity contribution >= 4 is 11.9 Å². The van der Waals surface area contributed by atoms with Crippen LogP contribution in [0.5, 0.6) is 0 Å². The van der Waals surface area contributed by atoms with E-state index in [4.69, 9.17) is 14.2 Å². The molecule has 5 rings (SSSR count). The second-order valence-corrected chi connectivity index (χ2v) is 11.9. The van der Waals surface area contributed by atoms with Gasteiger partial charge in [0.2, 0.25) is 6.10 Å². The van der Waals surface area contributed by atoms with E-state index in [1.165, 1.54) is 0 Å². The monoisotopic (exact) mass is 478 g/mol. The highest BCUT2D eigenvalue weighted by molar-refractivity contribution is 5.82. The number of fused-ring (bicyclic) bond motifs is 1. The summed E-state index contributed by atoms with van der Waals surface area (Å²) in [5.41, 5.74) is -0.663. The van der Waals surface area contributed by atoms with Gasteiger partial charge in [0.05, 0.1) is 18.6 Å². The van der Waals surface area contributed by atoms with E-state index >= 15 is 0 Å². The summed E-state index contributed by atoms with van der Waals surface area (Å²) in [6, 6.07) is 0. The SMILES string of the molecule is CC[C@H](C)C(=O)O[C@H]1C(=O)O[C@@H]2C[C@H]3C(C)=C[C@H](C)[C@@H](O)[C@]3(C)[C@H]3[C@]4(O)OC[C@]32[C@@H]1[C@@H](C)[C@H]4O. The molecule has 0 unspecified atom stereocenters. The molecule has 2 heterocycles. The molecule has 3 aliphatic carbocycles. The number of aliphatic hydroxyl groups excluding tert-OH is 2. The molecular weight excluding hydrogens is 440 g/mol. The highest BCUT2D eigenvalue weighted by Gasteiger charge is 2.83. The number of hydrogen-bond donors (Lipinski definition) is 3. The lowest BCUT2D eigenvalue weighted by Gasteiger charge is -2.68. The van der Waals surface area contributed by atoms with E-state index in [0.29, 0.717) is 12.8 Å². The predicted octanol–water partition coefficient (Wildman–Crippen LogP) is 1.80. The average Bonchev–Trinajstić information content (AvgIpc) is 3.08. The molecule has 8 nitrogen and oxygen atoms in total. The zero-order valence-corrected chi connectivity index (χ0v) is 20.9. The number of carbonyl (C=O) groups is 2. The molecule has 8 heteroatoms. The van der Waals surface area contributed by atoms with Gasteiger partial charge in [0.1, 0.15) is 12.2 Å². The van der Waals surface area contributed by atoms with E-state index < -0.39 is 70.7 Å². The molecule has 0 aromatic rings. The minimum atomic E-state index is -1.91. The smallest absolute Gasteiger partial charge is 0.348 e. The molecule has 5 aliphatic rings. The quantitative estimate of drug-likeness (QED) is 0.415. The van der Waals surface area contributed by atoms with E-state index in [9.17, 15) is 24.9 Å². The second-order valence-electron chi connectivity index (χ2n) is 11.9. The van der Waals surface area contributed by atoms with E-state index in [0.717, 1.165) is 5.57 Å². The number of carbonyl (C=O) groups excluding carboxylic acids is 2. The van der Waals surface area contributed by atoms with Gasteiger partial charge in [-0.15, -0.1) is 0 Å². The van der Waals surface area contributed by atoms with Crippen LogP contribution in [0.3, 0.4) is 0 Å². The molecule has 2 saturated carbocycles. The van der Waals surface area contributed by atoms with Crippen LogP contribution in [0.15, 0.2) is 11.6 Å². The molecule has 34 heavy (non-hydrogen) atoms. The first-order chi connectivity index (χ1) is 15.8. The number of allylic oxidation sites excluding steroid dienone is 1. The predicted molar refractivity (Wildman–Crippen MR) is 120 cm³/mol. The maximum Gasteiger partial charge on any atom is 0.348 e. The van der Waals surface area contributed by atoms with Gasteiger partial charge in [-0.1, -0.05) is 46.3 Å². The number of esters is 2. The van der Waals surface area contributed by atoms with Crippen LogP contribution in [-0.2, 0) is 23.8 Å². The maximum atomic E-state index is 13.3. The third kappa shape index (κ3) is 2.69. The van der Waals surface area contributed by atoms with Crippen LogP contribution in [0.1, 0.15) is 54.4 Å². The Morgan fingerprint density at radius 2 is 1.97 bits per heavy atom. The van der Waals surface area contributed by atoms with Crippen LogP contribution in [-0.4, -0.2) is 64.1 Å². The first-order valence-corrected chi connectivity index (χ1v) is 12.7. The molecule has 190 valence electrons. The zero-order valence-electron chi connectivity index (χ0n) is 20.9. The fraction of sp³-hybridized carbons (Fsp3) is 0.846. The maximum absolute atomic E-state index is 13.3. The van der Waals surface area contributed by atoms with Crippen molar-refractivity contribution in [1.29, 1.82) is 0 Å². The summed E-state index contributed by atoms with van der Waals surface area (Å²) in [5, 5.41) is 34.9. The Labute approximate surface area is 200 Å². The summed E-state index contributed by atoms with van der Waals surface area (Å²) in [6.45, 7) is 11.4. The summed E-state index contributed by atoms with van der Waals surface area (Å²) in [4.78, 5) is 26.1. The number of hydrogen-bond acceptors (Lipinski definition) is 8. The number of rotatable bonds is 3. The molecule has 1 spiro atoms. The Balaban J connectivity index is 1.69. The lowest BCUT2D eigenvalue weighted by atomic mass is 9.37. The molecule has 2 saturated heterocycles. The first-order valence-electron chi connectivity index (χ1n) is 12.7. The molecule has 0 aromatic carbocycles. The largest absolute Gasteiger partial charge is 0.459 e. The molecule has 0 radical (unpaired) electrons. The Morgan fingerprint density at radius 3 is 2.62 bits per heavy atom. The van der Waals surface area contributed by atoms with E-state index in [1.807, 2.05) is 33.8 Å². The molecule has 13 atom stereocenters. The topological polar surface area (TPSA) is 123 Å². The highest BCUT2D eigenvalue weighted by Crippen LogP contribution is 2.74. The van der Waals surface area contributed by atoms with Gasteiger partial charge in [-0.05, 0) is 31.6 Å². The summed E-state index contributed by atoms with van der Waals surface area (Å²) in [6.07, 6.45) is -0.808. The van der Waals surface area contributed by atoms with Crippen molar-refractivity contribution in [2.24, 2.45) is 46.3 Å². The molecule has 0 aromatic heterocycles. The number of ether oxygens (including phenoxy) is 3. The van der Waals surface area contributed by atoms with Gasteiger partial charge in [-0.2, -0.15) is 0 Å². The molecule has 4 fully saturated rings. The molecule has 3 N–H and O–H groups in total. The second kappa shape index (κ2) is 7.51. The van der Waals surface area contributed by atoms with Crippen molar-refractivity contribution in [2.75, 3.05) is 6.61 Å². The van der Waals surface area contributed by atoms with Gasteiger partial charge in [-0.25, -0.2) is 4.79 Å². The standard InChI is InChI=1S/C26H38O8/c1-7-11(2)21(29)34-18-17-14(5)20(28)26(31)23-24(6)15(12(3)8-13(4)19(24)27)9-16(33-22(18)30)25(17,23)10-32-26/h8,11,13-20,23,27-28,31H,7,9-10H2,1-6H3/t11-,13-,14+,15-,16+,17+,18+,19+,20+,23+,24+,25-,26+/m0/s1. The third-order valence-electron chi connectivity index (χ3n) is 10.3. The lowest BCUT2D eigenvalue weighted by molar-refractivity contribution is -0.344. The molecule has 2 bridgehead atoms. The average molecular weight is 479 g/mol. The van der Waals surface area contributed by atoms with Gasteiger partial charge >= 0.3 is 11.9 Å². The summed E-state index contributed by atoms with van der Waals surface area (Å²) < 4.78 is 17.9. The third-order valence-corrected chi connectivity index (χ3v) is 10.3. The van der Waals surface area contributed by atoms with Crippen LogP contribution < -0.4 is 0 Å². The van der Waals surface area contributed by atoms with Gasteiger partial charge in [0, 0.05) is 28.6 Å². The van der Waals surface area contributed by atoms with Gasteiger partial charge < -0.3 is 29.5 Å². The van der Waals surface area contributed by atoms with Crippen LogP contribution in [0, 0.1) is 46.3 Å². The fourth-order valence-electron chi connectivity index (χ4n) is 8.65. The Morgan fingerprint density at radius 1 is 1.29 bits per heavy atom. The molecule has 2 aliphatic heterocycles. The Kier molecular flexibility index (Phi) is 5.35. The van der Waals surface area contributed by atoms with Crippen LogP contribution in [0.25, 0.3) is 0 Å². The van der Waals surface area contributed by atoms with E-state index in [-0.39, 0.29) is 24.4 Å². The van der Waals surface area contributed by atoms with Crippen molar-refractivity contribution in [3.8, 4) is 0 Å². The van der Waals surface area contributed by atoms with Crippen molar-refractivity contribution < 1.29 is 39.1 Å². The van der Waals surface area contributed by atoms with Gasteiger partial charge in [-0.3, -0.25) is 4.79 Å². The summed E-state index contributed by atoms with van der Waals surface area (Å²) in [5.74, 6) is -5.63. The van der Waals surface area contributed by atoms with Crippen molar-refractivity contribution in [1.82, 2.24) is 0 Å². The summed E-state index contributed by atoms with van der Waals surface area (Å²) in [7, 11) is 0. The Bertz CT molecular complexity index is 932. The van der Waals surface area contributed by atoms with Crippen molar-refractivity contribution in [3.05, 3.63) is 11.6 Å². The first kappa shape index (κ1) is 24.2. The van der Waals surface area contributed by atoms with Crippen LogP contribution in [0.2, 0.25) is 0 Å². The van der Waals surface area contributed by atoms with Crippen LogP contribution in [0.4, 0.5) is 0 Å². The highest BCUT2D eigenvalue weighted by atomic mass is 16.7. The minimum Gasteiger partial charge on any atom is -0.459 e. The molecule has 0 amide bonds. The zero-order chi connectivity index (χ0) is 25.0. The van der Waals surface area contributed by atoms with Crippen molar-refractivity contribution in [3.63, 3.8) is 0 Å². The number of aliphatic hydroxyl groups is 3. The summed E-state index contributed by atoms with van der Waals surface area (Å²) >= 11 is 0.